The second-order valence-electron chi connectivity index (χ2n) is 3.26. The summed E-state index contributed by atoms with van der Waals surface area (Å²) >= 11 is 0. The van der Waals surface area contributed by atoms with E-state index in [1.165, 1.54) is 6.92 Å². The van der Waals surface area contributed by atoms with Crippen molar-refractivity contribution in [2.75, 3.05) is 0 Å². The summed E-state index contributed by atoms with van der Waals surface area (Å²) in [5.74, 6) is 0.891. The van der Waals surface area contributed by atoms with Crippen LogP contribution in [0.3, 0.4) is 0 Å². The van der Waals surface area contributed by atoms with Crippen molar-refractivity contribution in [3.8, 4) is 5.75 Å². The Hall–Kier alpha value is -1.84. The number of carbonyl (C=O) groups excluding carboxylic acids is 1. The Balaban J connectivity index is 2.46. The molecule has 0 unspecified atom stereocenters. The van der Waals surface area contributed by atoms with E-state index >= 15 is 0 Å². The number of aromatic hydroxyl groups is 1. The zero-order chi connectivity index (χ0) is 10.1. The van der Waals surface area contributed by atoms with Gasteiger partial charge in [-0.25, -0.2) is 4.98 Å². The summed E-state index contributed by atoms with van der Waals surface area (Å²) < 4.78 is 0. The minimum Gasteiger partial charge on any atom is -0.508 e. The van der Waals surface area contributed by atoms with Gasteiger partial charge in [0.05, 0.1) is 17.5 Å². The second kappa shape index (κ2) is 3.14. The molecule has 4 nitrogen and oxygen atoms in total. The van der Waals surface area contributed by atoms with E-state index in [-0.39, 0.29) is 11.5 Å². The largest absolute Gasteiger partial charge is 0.508 e. The van der Waals surface area contributed by atoms with Crippen LogP contribution >= 0.6 is 0 Å². The van der Waals surface area contributed by atoms with Gasteiger partial charge in [-0.15, -0.1) is 0 Å². The minimum absolute atomic E-state index is 0.0632. The van der Waals surface area contributed by atoms with Gasteiger partial charge < -0.3 is 10.1 Å². The van der Waals surface area contributed by atoms with Crippen molar-refractivity contribution in [2.24, 2.45) is 0 Å². The molecule has 0 bridgehead atoms. The lowest BCUT2D eigenvalue weighted by molar-refractivity contribution is -0.116. The van der Waals surface area contributed by atoms with Gasteiger partial charge in [0.15, 0.2) is 0 Å². The number of rotatable bonds is 2. The number of H-pyrrole nitrogens is 1. The molecular weight excluding hydrogens is 180 g/mol. The average Bonchev–Trinajstić information content (AvgIpc) is 2.44. The highest BCUT2D eigenvalue weighted by Crippen LogP contribution is 2.17. The molecule has 1 aromatic heterocycles. The molecule has 1 heterocycles. The number of ketones is 1. The highest BCUT2D eigenvalue weighted by Gasteiger charge is 2.04. The quantitative estimate of drug-likeness (QED) is 0.752. The Labute approximate surface area is 80.6 Å². The number of hydrogen-bond donors (Lipinski definition) is 2. The van der Waals surface area contributed by atoms with Crippen LogP contribution in [-0.4, -0.2) is 20.9 Å². The summed E-state index contributed by atoms with van der Waals surface area (Å²) in [5, 5.41) is 9.21. The lowest BCUT2D eigenvalue weighted by atomic mass is 10.3. The molecule has 0 aliphatic heterocycles. The zero-order valence-corrected chi connectivity index (χ0v) is 7.74. The van der Waals surface area contributed by atoms with Gasteiger partial charge in [0.2, 0.25) is 0 Å². The maximum Gasteiger partial charge on any atom is 0.137 e. The molecule has 0 atom stereocenters. The third-order valence-electron chi connectivity index (χ3n) is 1.93. The maximum atomic E-state index is 10.8. The highest BCUT2D eigenvalue weighted by atomic mass is 16.3. The van der Waals surface area contributed by atoms with Crippen LogP contribution in [0.2, 0.25) is 0 Å². The number of aromatic nitrogens is 2. The molecule has 0 spiro atoms. The molecule has 72 valence electrons. The Morgan fingerprint density at radius 1 is 1.57 bits per heavy atom. The van der Waals surface area contributed by atoms with Gasteiger partial charge in [-0.3, -0.25) is 4.79 Å². The van der Waals surface area contributed by atoms with E-state index in [1.807, 2.05) is 0 Å². The average molecular weight is 190 g/mol. The number of phenols is 1. The van der Waals surface area contributed by atoms with Crippen LogP contribution in [0.1, 0.15) is 12.7 Å². The number of carbonyl (C=O) groups is 1. The maximum absolute atomic E-state index is 10.8. The second-order valence-corrected chi connectivity index (χ2v) is 3.26. The van der Waals surface area contributed by atoms with Crippen LogP contribution in [0, 0.1) is 0 Å². The van der Waals surface area contributed by atoms with E-state index in [4.69, 9.17) is 0 Å². The van der Waals surface area contributed by atoms with Crippen LogP contribution in [0.4, 0.5) is 0 Å². The van der Waals surface area contributed by atoms with Gasteiger partial charge in [0.25, 0.3) is 0 Å². The molecule has 2 N–H and O–H groups in total. The molecule has 0 aliphatic rings. The first kappa shape index (κ1) is 8.74. The molecule has 1 aromatic carbocycles. The standard InChI is InChI=1S/C10H10N2O2/c1-6(13)4-10-11-8-3-2-7(14)5-9(8)12-10/h2-3,5,14H,4H2,1H3,(H,11,12). The normalized spacial score (nSPS) is 10.6. The number of benzene rings is 1. The van der Waals surface area contributed by atoms with Gasteiger partial charge in [-0.2, -0.15) is 0 Å². The first-order valence-electron chi connectivity index (χ1n) is 4.32. The van der Waals surface area contributed by atoms with Crippen molar-refractivity contribution in [1.82, 2.24) is 9.97 Å². The minimum atomic E-state index is 0.0632. The Morgan fingerprint density at radius 2 is 2.36 bits per heavy atom. The van der Waals surface area contributed by atoms with Crippen LogP contribution in [0.15, 0.2) is 18.2 Å². The molecular formula is C10H10N2O2. The zero-order valence-electron chi connectivity index (χ0n) is 7.74. The number of imidazole rings is 1. The van der Waals surface area contributed by atoms with Crippen molar-refractivity contribution >= 4 is 16.8 Å². The van der Waals surface area contributed by atoms with Crippen LogP contribution in [0.5, 0.6) is 5.75 Å². The number of aromatic amines is 1. The van der Waals surface area contributed by atoms with Gasteiger partial charge in [0.1, 0.15) is 17.4 Å². The third-order valence-corrected chi connectivity index (χ3v) is 1.93. The van der Waals surface area contributed by atoms with Crippen molar-refractivity contribution in [3.05, 3.63) is 24.0 Å². The van der Waals surface area contributed by atoms with Crippen LogP contribution < -0.4 is 0 Å². The number of fused-ring (bicyclic) bond motifs is 1. The smallest absolute Gasteiger partial charge is 0.137 e. The fourth-order valence-electron chi connectivity index (χ4n) is 1.37. The van der Waals surface area contributed by atoms with Crippen molar-refractivity contribution in [1.29, 1.82) is 0 Å². The van der Waals surface area contributed by atoms with E-state index in [1.54, 1.807) is 18.2 Å². The molecule has 14 heavy (non-hydrogen) atoms. The van der Waals surface area contributed by atoms with Crippen LogP contribution in [-0.2, 0) is 11.2 Å². The molecule has 0 amide bonds. The summed E-state index contributed by atoms with van der Waals surface area (Å²) in [6, 6.07) is 4.87. The highest BCUT2D eigenvalue weighted by molar-refractivity contribution is 5.80. The Kier molecular flexibility index (Phi) is 1.96. The predicted molar refractivity (Wildman–Crippen MR) is 52.1 cm³/mol. The van der Waals surface area contributed by atoms with Gasteiger partial charge in [-0.05, 0) is 19.1 Å². The number of Topliss-reactive ketones (excluding diaryl/α,β-unsaturated/α-hetero) is 1. The lowest BCUT2D eigenvalue weighted by Crippen LogP contribution is -1.97. The van der Waals surface area contributed by atoms with Crippen molar-refractivity contribution < 1.29 is 9.90 Å². The SMILES string of the molecule is CC(=O)Cc1nc2ccc(O)cc2[nH]1. The first-order chi connectivity index (χ1) is 6.65. The van der Waals surface area contributed by atoms with Gasteiger partial charge in [0, 0.05) is 6.07 Å². The van der Waals surface area contributed by atoms with Crippen molar-refractivity contribution in [3.63, 3.8) is 0 Å². The summed E-state index contributed by atoms with van der Waals surface area (Å²) in [4.78, 5) is 18.0. The summed E-state index contributed by atoms with van der Waals surface area (Å²) in [5.41, 5.74) is 1.51. The summed E-state index contributed by atoms with van der Waals surface area (Å²) in [6.07, 6.45) is 0.301. The molecule has 0 saturated carbocycles. The predicted octanol–water partition coefficient (Wildman–Crippen LogP) is 1.40. The number of nitrogens with one attached hydrogen (secondary N) is 1. The van der Waals surface area contributed by atoms with E-state index in [2.05, 4.69) is 9.97 Å². The van der Waals surface area contributed by atoms with Gasteiger partial charge in [-0.1, -0.05) is 0 Å². The topological polar surface area (TPSA) is 66.0 Å². The fourth-order valence-corrected chi connectivity index (χ4v) is 1.37. The molecule has 4 heteroatoms. The molecule has 0 radical (unpaired) electrons. The van der Waals surface area contributed by atoms with Crippen LogP contribution in [0.25, 0.3) is 11.0 Å². The fraction of sp³-hybridized carbons (Fsp3) is 0.200. The molecule has 0 fully saturated rings. The molecule has 0 aliphatic carbocycles. The molecule has 2 aromatic rings. The lowest BCUT2D eigenvalue weighted by Gasteiger charge is -1.88. The Bertz CT molecular complexity index is 488. The number of phenolic OH excluding ortho intramolecular Hbond substituents is 1. The molecule has 0 saturated heterocycles. The summed E-state index contributed by atoms with van der Waals surface area (Å²) in [7, 11) is 0. The van der Waals surface area contributed by atoms with E-state index in [0.29, 0.717) is 12.2 Å². The summed E-state index contributed by atoms with van der Waals surface area (Å²) in [6.45, 7) is 1.52. The number of hydrogen-bond acceptors (Lipinski definition) is 3. The third kappa shape index (κ3) is 1.59. The molecule has 2 rings (SSSR count). The van der Waals surface area contributed by atoms with E-state index < -0.39 is 0 Å². The van der Waals surface area contributed by atoms with E-state index in [9.17, 15) is 9.90 Å². The first-order valence-corrected chi connectivity index (χ1v) is 4.32. The monoisotopic (exact) mass is 190 g/mol. The Morgan fingerprint density at radius 3 is 3.07 bits per heavy atom. The van der Waals surface area contributed by atoms with E-state index in [0.717, 1.165) is 11.0 Å². The van der Waals surface area contributed by atoms with Gasteiger partial charge >= 0.3 is 0 Å². The number of nitrogens with zero attached hydrogens (tertiary/aromatic N) is 1. The van der Waals surface area contributed by atoms with Crippen molar-refractivity contribution in [2.45, 2.75) is 13.3 Å².